The molecule has 7 heteroatoms. The largest absolute Gasteiger partial charge is 0.496 e. The SMILES string of the molecule is COc1ccc(Br)cc1/C=C1\SC(=O)N(Cc2cccc(Cl)c2)C1=O. The number of thioether (sulfide) groups is 1. The number of carbonyl (C=O) groups excluding carboxylic acids is 2. The molecule has 0 N–H and O–H groups in total. The van der Waals surface area contributed by atoms with E-state index in [1.54, 1.807) is 37.5 Å². The van der Waals surface area contributed by atoms with Gasteiger partial charge in [0.1, 0.15) is 5.75 Å². The third-order valence-corrected chi connectivity index (χ3v) is 5.22. The quantitative estimate of drug-likeness (QED) is 0.604. The lowest BCUT2D eigenvalue weighted by atomic mass is 10.1. The molecule has 0 radical (unpaired) electrons. The van der Waals surface area contributed by atoms with E-state index in [-0.39, 0.29) is 17.7 Å². The van der Waals surface area contributed by atoms with Gasteiger partial charge in [0.15, 0.2) is 0 Å². The van der Waals surface area contributed by atoms with E-state index in [0.29, 0.717) is 15.7 Å². The Labute approximate surface area is 162 Å². The first-order chi connectivity index (χ1) is 12.0. The molecular formula is C18H13BrClNO3S. The normalized spacial score (nSPS) is 16.0. The number of imide groups is 1. The molecule has 128 valence electrons. The third-order valence-electron chi connectivity index (χ3n) is 3.58. The molecule has 4 nitrogen and oxygen atoms in total. The average molecular weight is 439 g/mol. The topological polar surface area (TPSA) is 46.6 Å². The van der Waals surface area contributed by atoms with E-state index in [0.717, 1.165) is 27.4 Å². The molecule has 0 bridgehead atoms. The van der Waals surface area contributed by atoms with Gasteiger partial charge in [-0.05, 0) is 53.7 Å². The Morgan fingerprint density at radius 3 is 2.76 bits per heavy atom. The van der Waals surface area contributed by atoms with Gasteiger partial charge < -0.3 is 4.74 Å². The van der Waals surface area contributed by atoms with Gasteiger partial charge in [-0.2, -0.15) is 0 Å². The highest BCUT2D eigenvalue weighted by atomic mass is 79.9. The summed E-state index contributed by atoms with van der Waals surface area (Å²) in [6.07, 6.45) is 1.67. The van der Waals surface area contributed by atoms with Crippen molar-refractivity contribution < 1.29 is 14.3 Å². The van der Waals surface area contributed by atoms with Gasteiger partial charge in [-0.25, -0.2) is 0 Å². The zero-order chi connectivity index (χ0) is 18.0. The summed E-state index contributed by atoms with van der Waals surface area (Å²) in [6, 6.07) is 12.6. The van der Waals surface area contributed by atoms with Gasteiger partial charge >= 0.3 is 0 Å². The van der Waals surface area contributed by atoms with Gasteiger partial charge in [0.2, 0.25) is 0 Å². The molecule has 0 spiro atoms. The zero-order valence-corrected chi connectivity index (χ0v) is 16.3. The van der Waals surface area contributed by atoms with Crippen LogP contribution in [0.4, 0.5) is 4.79 Å². The van der Waals surface area contributed by atoms with Crippen molar-refractivity contribution in [1.29, 1.82) is 0 Å². The van der Waals surface area contributed by atoms with Crippen LogP contribution in [-0.2, 0) is 11.3 Å². The highest BCUT2D eigenvalue weighted by molar-refractivity contribution is 9.10. The van der Waals surface area contributed by atoms with Crippen molar-refractivity contribution in [2.24, 2.45) is 0 Å². The molecule has 0 aliphatic carbocycles. The van der Waals surface area contributed by atoms with Crippen LogP contribution in [0.5, 0.6) is 5.75 Å². The molecule has 1 fully saturated rings. The van der Waals surface area contributed by atoms with Crippen molar-refractivity contribution in [3.05, 3.63) is 68.0 Å². The van der Waals surface area contributed by atoms with E-state index in [4.69, 9.17) is 16.3 Å². The average Bonchev–Trinajstić information content (AvgIpc) is 2.83. The molecule has 0 atom stereocenters. The van der Waals surface area contributed by atoms with Crippen molar-refractivity contribution >= 4 is 56.5 Å². The fraction of sp³-hybridized carbons (Fsp3) is 0.111. The van der Waals surface area contributed by atoms with E-state index in [1.807, 2.05) is 18.2 Å². The van der Waals surface area contributed by atoms with E-state index < -0.39 is 0 Å². The monoisotopic (exact) mass is 437 g/mol. The van der Waals surface area contributed by atoms with Crippen LogP contribution in [0.1, 0.15) is 11.1 Å². The first-order valence-electron chi connectivity index (χ1n) is 7.31. The zero-order valence-electron chi connectivity index (χ0n) is 13.2. The minimum absolute atomic E-state index is 0.193. The van der Waals surface area contributed by atoms with Gasteiger partial charge in [0.05, 0.1) is 18.6 Å². The predicted octanol–water partition coefficient (Wildman–Crippen LogP) is 5.35. The second-order valence-electron chi connectivity index (χ2n) is 5.28. The lowest BCUT2D eigenvalue weighted by molar-refractivity contribution is -0.123. The molecule has 3 rings (SSSR count). The van der Waals surface area contributed by atoms with E-state index in [9.17, 15) is 9.59 Å². The molecule has 0 saturated carbocycles. The lowest BCUT2D eigenvalue weighted by Crippen LogP contribution is -2.27. The molecule has 1 saturated heterocycles. The van der Waals surface area contributed by atoms with Crippen LogP contribution >= 0.6 is 39.3 Å². The standard InChI is InChI=1S/C18H13BrClNO3S/c1-24-15-6-5-13(19)8-12(15)9-16-17(22)21(18(23)25-16)10-11-3-2-4-14(20)7-11/h2-9H,10H2,1H3/b16-9-. The summed E-state index contributed by atoms with van der Waals surface area (Å²) < 4.78 is 6.17. The van der Waals surface area contributed by atoms with Gasteiger partial charge in [0, 0.05) is 15.1 Å². The van der Waals surface area contributed by atoms with Crippen LogP contribution in [0.3, 0.4) is 0 Å². The number of rotatable bonds is 4. The number of hydrogen-bond donors (Lipinski definition) is 0. The summed E-state index contributed by atoms with van der Waals surface area (Å²) in [5.41, 5.74) is 1.53. The van der Waals surface area contributed by atoms with Crippen LogP contribution in [0.15, 0.2) is 51.8 Å². The Kier molecular flexibility index (Phi) is 5.51. The number of methoxy groups -OCH3 is 1. The molecule has 0 aromatic heterocycles. The summed E-state index contributed by atoms with van der Waals surface area (Å²) in [5, 5.41) is 0.268. The number of ether oxygens (including phenoxy) is 1. The summed E-state index contributed by atoms with van der Waals surface area (Å²) in [5.74, 6) is 0.307. The first kappa shape index (κ1) is 18.0. The number of amides is 2. The molecule has 0 unspecified atom stereocenters. The maximum atomic E-state index is 12.6. The third kappa shape index (κ3) is 4.08. The fourth-order valence-corrected chi connectivity index (χ4v) is 3.83. The van der Waals surface area contributed by atoms with Crippen molar-refractivity contribution in [3.63, 3.8) is 0 Å². The van der Waals surface area contributed by atoms with Gasteiger partial charge in [-0.3, -0.25) is 14.5 Å². The number of hydrogen-bond acceptors (Lipinski definition) is 4. The number of benzene rings is 2. The smallest absolute Gasteiger partial charge is 0.293 e. The molecule has 2 amide bonds. The number of nitrogens with zero attached hydrogens (tertiary/aromatic N) is 1. The van der Waals surface area contributed by atoms with Crippen molar-refractivity contribution in [2.75, 3.05) is 7.11 Å². The van der Waals surface area contributed by atoms with Crippen LogP contribution in [0.25, 0.3) is 6.08 Å². The van der Waals surface area contributed by atoms with E-state index in [1.165, 1.54) is 4.90 Å². The van der Waals surface area contributed by atoms with Crippen LogP contribution in [-0.4, -0.2) is 23.2 Å². The summed E-state index contributed by atoms with van der Waals surface area (Å²) in [7, 11) is 1.56. The summed E-state index contributed by atoms with van der Waals surface area (Å²) >= 11 is 10.3. The molecule has 1 aliphatic heterocycles. The minimum atomic E-state index is -0.322. The second-order valence-corrected chi connectivity index (χ2v) is 7.63. The van der Waals surface area contributed by atoms with E-state index in [2.05, 4.69) is 15.9 Å². The molecule has 2 aromatic carbocycles. The highest BCUT2D eigenvalue weighted by Gasteiger charge is 2.35. The van der Waals surface area contributed by atoms with Crippen LogP contribution in [0.2, 0.25) is 5.02 Å². The first-order valence-corrected chi connectivity index (χ1v) is 9.30. The summed E-state index contributed by atoms with van der Waals surface area (Å²) in [6.45, 7) is 0.193. The molecular weight excluding hydrogens is 426 g/mol. The predicted molar refractivity (Wildman–Crippen MR) is 104 cm³/mol. The number of carbonyl (C=O) groups is 2. The second kappa shape index (κ2) is 7.64. The molecule has 2 aromatic rings. The van der Waals surface area contributed by atoms with Crippen molar-refractivity contribution in [3.8, 4) is 5.75 Å². The Morgan fingerprint density at radius 1 is 1.24 bits per heavy atom. The van der Waals surface area contributed by atoms with Gasteiger partial charge in [-0.1, -0.05) is 39.7 Å². The maximum absolute atomic E-state index is 12.6. The lowest BCUT2D eigenvalue weighted by Gasteiger charge is -2.12. The van der Waals surface area contributed by atoms with Gasteiger partial charge in [0.25, 0.3) is 11.1 Å². The van der Waals surface area contributed by atoms with Crippen molar-refractivity contribution in [1.82, 2.24) is 4.90 Å². The summed E-state index contributed by atoms with van der Waals surface area (Å²) in [4.78, 5) is 26.5. The van der Waals surface area contributed by atoms with Crippen LogP contribution in [0, 0.1) is 0 Å². The highest BCUT2D eigenvalue weighted by Crippen LogP contribution is 2.35. The fourth-order valence-electron chi connectivity index (χ4n) is 2.41. The Bertz CT molecular complexity index is 884. The number of halogens is 2. The van der Waals surface area contributed by atoms with Crippen molar-refractivity contribution in [2.45, 2.75) is 6.54 Å². The minimum Gasteiger partial charge on any atom is -0.496 e. The maximum Gasteiger partial charge on any atom is 0.293 e. The Balaban J connectivity index is 1.87. The van der Waals surface area contributed by atoms with Gasteiger partial charge in [-0.15, -0.1) is 0 Å². The van der Waals surface area contributed by atoms with Crippen LogP contribution < -0.4 is 4.74 Å². The Morgan fingerprint density at radius 2 is 2.04 bits per heavy atom. The molecule has 1 aliphatic rings. The Hall–Kier alpha value is -1.76. The molecule has 25 heavy (non-hydrogen) atoms. The molecule has 1 heterocycles. The van der Waals surface area contributed by atoms with E-state index >= 15 is 0 Å².